The fourth-order valence-corrected chi connectivity index (χ4v) is 0.402. The monoisotopic (exact) mass is 381 g/mol. The van der Waals surface area contributed by atoms with Crippen LogP contribution in [-0.2, 0) is 9.59 Å². The first kappa shape index (κ1) is 18.6. The first-order chi connectivity index (χ1) is 4.54. The van der Waals surface area contributed by atoms with Gasteiger partial charge in [-0.05, 0) is 6.42 Å². The van der Waals surface area contributed by atoms with Crippen molar-refractivity contribution < 1.29 is 50.8 Å². The van der Waals surface area contributed by atoms with E-state index in [4.69, 9.17) is 15.9 Å². The van der Waals surface area contributed by atoms with Gasteiger partial charge in [-0.15, -0.1) is 0 Å². The fraction of sp³-hybridized carbons (Fsp3) is 0.600. The molecule has 0 aromatic rings. The normalized spacial score (nSPS) is 10.4. The molecule has 0 aromatic carbocycles. The molecular weight excluding hydrogens is 368 g/mol. The van der Waals surface area contributed by atoms with Crippen LogP contribution in [0.2, 0.25) is 0 Å². The Morgan fingerprint density at radius 2 is 1.83 bits per heavy atom. The van der Waals surface area contributed by atoms with Gasteiger partial charge in [-0.2, -0.15) is 0 Å². The summed E-state index contributed by atoms with van der Waals surface area (Å²) in [5, 5.41) is 16.3. The maximum atomic E-state index is 9.99. The second-order valence-electron chi connectivity index (χ2n) is 1.88. The van der Waals surface area contributed by atoms with E-state index in [0.29, 0.717) is 0 Å². The molecule has 0 aliphatic carbocycles. The summed E-state index contributed by atoms with van der Waals surface area (Å²) in [6.45, 7) is 0. The zero-order valence-electron chi connectivity index (χ0n) is 7.99. The molecular formula is C5H12NNaO4Pb. The van der Waals surface area contributed by atoms with Crippen molar-refractivity contribution in [3.05, 3.63) is 0 Å². The number of aliphatic carboxylic acids is 2. The van der Waals surface area contributed by atoms with Crippen LogP contribution in [0.3, 0.4) is 0 Å². The van der Waals surface area contributed by atoms with E-state index in [-0.39, 0.29) is 71.1 Å². The van der Waals surface area contributed by atoms with E-state index in [1.807, 2.05) is 0 Å². The van der Waals surface area contributed by atoms with Crippen molar-refractivity contribution in [3.8, 4) is 0 Å². The molecule has 0 spiro atoms. The van der Waals surface area contributed by atoms with Crippen molar-refractivity contribution >= 4 is 39.2 Å². The molecule has 0 aromatic heterocycles. The number of carbonyl (C=O) groups is 2. The maximum absolute atomic E-state index is 9.99. The molecule has 1 unspecified atom stereocenters. The molecule has 0 heterocycles. The van der Waals surface area contributed by atoms with E-state index >= 15 is 0 Å². The molecule has 4 N–H and O–H groups in total. The third kappa shape index (κ3) is 10.8. The number of hydrogen-bond acceptors (Lipinski definition) is 3. The van der Waals surface area contributed by atoms with Crippen molar-refractivity contribution in [1.29, 1.82) is 0 Å². The summed E-state index contributed by atoms with van der Waals surface area (Å²) < 4.78 is 0. The van der Waals surface area contributed by atoms with Gasteiger partial charge in [0.2, 0.25) is 0 Å². The quantitative estimate of drug-likeness (QED) is 0.427. The summed E-state index contributed by atoms with van der Waals surface area (Å²) in [7, 11) is 0. The van der Waals surface area contributed by atoms with Gasteiger partial charge in [0.15, 0.2) is 0 Å². The number of rotatable bonds is 4. The Morgan fingerprint density at radius 1 is 1.42 bits per heavy atom. The molecule has 66 valence electrons. The van der Waals surface area contributed by atoms with Crippen LogP contribution in [0, 0.1) is 0 Å². The van der Waals surface area contributed by atoms with Crippen LogP contribution in [-0.4, -0.2) is 55.5 Å². The van der Waals surface area contributed by atoms with Crippen molar-refractivity contribution in [2.45, 2.75) is 18.9 Å². The standard InChI is InChI=1S/C5H9NO4.Na.Pb.3H/c6-3(5(9)10)1-2-4(7)8;;;;;/h3H,1-2,6H2,(H,7,8)(H,9,10);;;;;/q;+1;;;;-1. The molecule has 12 heavy (non-hydrogen) atoms. The molecule has 1 atom stereocenters. The van der Waals surface area contributed by atoms with Crippen LogP contribution < -0.4 is 35.3 Å². The Hall–Kier alpha value is 0.822. The van der Waals surface area contributed by atoms with E-state index in [2.05, 4.69) is 0 Å². The van der Waals surface area contributed by atoms with E-state index < -0.39 is 18.0 Å². The molecule has 0 saturated carbocycles. The summed E-state index contributed by atoms with van der Waals surface area (Å²) in [5.41, 5.74) is 5.00. The Bertz CT molecular complexity index is 159. The van der Waals surface area contributed by atoms with E-state index in [1.54, 1.807) is 0 Å². The SMILES string of the molecule is NC(CCC(=O)O)C(=O)O.[H-].[Na+].[PbH2]. The third-order valence-corrected chi connectivity index (χ3v) is 0.986. The number of carboxylic acids is 2. The predicted octanol–water partition coefficient (Wildman–Crippen LogP) is -4.54. The summed E-state index contributed by atoms with van der Waals surface area (Å²) in [4.78, 5) is 19.9. The van der Waals surface area contributed by atoms with Crippen molar-refractivity contribution in [2.75, 3.05) is 0 Å². The third-order valence-electron chi connectivity index (χ3n) is 0.986. The summed E-state index contributed by atoms with van der Waals surface area (Å²) in [6, 6.07) is -1.06. The summed E-state index contributed by atoms with van der Waals surface area (Å²) in [6.07, 6.45) is -0.224. The zero-order chi connectivity index (χ0) is 8.15. The van der Waals surface area contributed by atoms with Crippen LogP contribution in [0.15, 0.2) is 0 Å². The van der Waals surface area contributed by atoms with Gasteiger partial charge >= 0.3 is 68.8 Å². The first-order valence-corrected chi connectivity index (χ1v) is 2.74. The number of nitrogens with two attached hydrogens (primary N) is 1. The minimum absolute atomic E-state index is 0. The van der Waals surface area contributed by atoms with Gasteiger partial charge in [0, 0.05) is 6.42 Å². The Labute approximate surface area is 114 Å². The Morgan fingerprint density at radius 3 is 2.08 bits per heavy atom. The van der Waals surface area contributed by atoms with Gasteiger partial charge in [-0.25, -0.2) is 0 Å². The molecule has 7 heteroatoms. The van der Waals surface area contributed by atoms with E-state index in [0.717, 1.165) is 0 Å². The van der Waals surface area contributed by atoms with Crippen LogP contribution in [0.5, 0.6) is 0 Å². The molecule has 0 amide bonds. The van der Waals surface area contributed by atoms with E-state index in [9.17, 15) is 9.59 Å². The topological polar surface area (TPSA) is 101 Å². The number of hydrogen-bond donors (Lipinski definition) is 3. The van der Waals surface area contributed by atoms with Crippen molar-refractivity contribution in [1.82, 2.24) is 0 Å². The van der Waals surface area contributed by atoms with Gasteiger partial charge in [0.25, 0.3) is 0 Å². The van der Waals surface area contributed by atoms with Gasteiger partial charge < -0.3 is 17.4 Å². The molecule has 2 radical (unpaired) electrons. The molecule has 0 bridgehead atoms. The average molecular weight is 380 g/mol. The van der Waals surface area contributed by atoms with Crippen LogP contribution >= 0.6 is 0 Å². The van der Waals surface area contributed by atoms with Gasteiger partial charge in [-0.1, -0.05) is 0 Å². The molecule has 0 saturated heterocycles. The zero-order valence-corrected chi connectivity index (χ0v) is 14.5. The first-order valence-electron chi connectivity index (χ1n) is 2.74. The molecule has 0 rings (SSSR count). The molecule has 5 nitrogen and oxygen atoms in total. The Kier molecular flexibility index (Phi) is 15.3. The van der Waals surface area contributed by atoms with Crippen molar-refractivity contribution in [2.24, 2.45) is 5.73 Å². The summed E-state index contributed by atoms with van der Waals surface area (Å²) in [5.74, 6) is -2.20. The molecule has 0 aliphatic heterocycles. The molecule has 0 aliphatic rings. The minimum atomic E-state index is -1.17. The van der Waals surface area contributed by atoms with Gasteiger partial charge in [0.1, 0.15) is 6.04 Å². The van der Waals surface area contributed by atoms with Crippen LogP contribution in [0.4, 0.5) is 0 Å². The van der Waals surface area contributed by atoms with Gasteiger partial charge in [0.05, 0.1) is 0 Å². The van der Waals surface area contributed by atoms with Gasteiger partial charge in [-0.3, -0.25) is 9.59 Å². The predicted molar refractivity (Wildman–Crippen MR) is 42.1 cm³/mol. The molecule has 0 fully saturated rings. The second kappa shape index (κ2) is 9.91. The fourth-order valence-electron chi connectivity index (χ4n) is 0.402. The van der Waals surface area contributed by atoms with Crippen LogP contribution in [0.25, 0.3) is 0 Å². The van der Waals surface area contributed by atoms with Crippen LogP contribution in [0.1, 0.15) is 14.3 Å². The summed E-state index contributed by atoms with van der Waals surface area (Å²) >= 11 is 0. The second-order valence-corrected chi connectivity index (χ2v) is 1.88. The van der Waals surface area contributed by atoms with Crippen molar-refractivity contribution in [3.63, 3.8) is 0 Å². The van der Waals surface area contributed by atoms with E-state index in [1.165, 1.54) is 0 Å². The number of carboxylic acid groups (broad SMARTS) is 2. The Balaban J connectivity index is -0.000000135. The average Bonchev–Trinajstić information content (AvgIpc) is 1.82.